The molecule has 0 aromatic rings. The molecule has 0 aliphatic heterocycles. The van der Waals surface area contributed by atoms with E-state index in [-0.39, 0.29) is 5.91 Å². The van der Waals surface area contributed by atoms with Crippen molar-refractivity contribution < 1.29 is 4.79 Å². The van der Waals surface area contributed by atoms with Crippen molar-refractivity contribution in [2.75, 3.05) is 7.05 Å². The van der Waals surface area contributed by atoms with Gasteiger partial charge in [-0.1, -0.05) is 30.4 Å². The summed E-state index contributed by atoms with van der Waals surface area (Å²) in [5.41, 5.74) is 1.66. The van der Waals surface area contributed by atoms with Crippen molar-refractivity contribution in [1.29, 1.82) is 0 Å². The molecule has 0 saturated heterocycles. The Balaban J connectivity index is 4.10. The van der Waals surface area contributed by atoms with Crippen LogP contribution in [0.5, 0.6) is 0 Å². The average molecular weight is 165 g/mol. The zero-order valence-electron chi connectivity index (χ0n) is 7.85. The van der Waals surface area contributed by atoms with E-state index >= 15 is 0 Å². The summed E-state index contributed by atoms with van der Waals surface area (Å²) in [5.74, 6) is -0.145. The van der Waals surface area contributed by atoms with Crippen molar-refractivity contribution in [3.05, 3.63) is 36.0 Å². The third-order valence-corrected chi connectivity index (χ3v) is 1.25. The van der Waals surface area contributed by atoms with Gasteiger partial charge in [-0.3, -0.25) is 4.79 Å². The Morgan fingerprint density at radius 2 is 2.00 bits per heavy atom. The molecule has 0 fully saturated rings. The van der Waals surface area contributed by atoms with Crippen LogP contribution in [0.1, 0.15) is 13.8 Å². The van der Waals surface area contributed by atoms with Crippen molar-refractivity contribution >= 4 is 5.91 Å². The van der Waals surface area contributed by atoms with Crippen LogP contribution in [0.15, 0.2) is 36.0 Å². The van der Waals surface area contributed by atoms with Crippen LogP contribution in [0.2, 0.25) is 0 Å². The number of hydrogen-bond acceptors (Lipinski definition) is 1. The molecule has 0 saturated carbocycles. The summed E-state index contributed by atoms with van der Waals surface area (Å²) in [7, 11) is 1.59. The van der Waals surface area contributed by atoms with Gasteiger partial charge in [0, 0.05) is 12.6 Å². The smallest absolute Gasteiger partial charge is 0.250 e. The summed E-state index contributed by atoms with van der Waals surface area (Å²) < 4.78 is 0. The Kier molecular flexibility index (Phi) is 4.77. The van der Waals surface area contributed by atoms with E-state index < -0.39 is 0 Å². The molecule has 1 amide bonds. The highest BCUT2D eigenvalue weighted by atomic mass is 16.1. The molecule has 1 N–H and O–H groups in total. The molecule has 0 aliphatic carbocycles. The molecule has 0 rings (SSSR count). The molecule has 0 aromatic carbocycles. The number of rotatable bonds is 3. The summed E-state index contributed by atoms with van der Waals surface area (Å²) in [5, 5.41) is 2.49. The predicted molar refractivity (Wildman–Crippen MR) is 51.8 cm³/mol. The van der Waals surface area contributed by atoms with Crippen LogP contribution in [0.4, 0.5) is 0 Å². The number of amides is 1. The van der Waals surface area contributed by atoms with Crippen molar-refractivity contribution in [2.45, 2.75) is 13.8 Å². The van der Waals surface area contributed by atoms with Gasteiger partial charge in [0.25, 0.3) is 0 Å². The van der Waals surface area contributed by atoms with Gasteiger partial charge >= 0.3 is 0 Å². The standard InChI is InChI=1S/C10H15NO/c1-8(2)6-5-7-9(3)10(12)11-4/h5-7H,3H2,1-2,4H3,(H,11,12)/b7-5-. The topological polar surface area (TPSA) is 29.1 Å². The van der Waals surface area contributed by atoms with E-state index in [4.69, 9.17) is 0 Å². The van der Waals surface area contributed by atoms with Crippen LogP contribution in [-0.2, 0) is 4.79 Å². The van der Waals surface area contributed by atoms with E-state index in [1.165, 1.54) is 5.57 Å². The molecule has 2 heteroatoms. The molecule has 0 unspecified atom stereocenters. The maximum atomic E-state index is 10.9. The second-order valence-electron chi connectivity index (χ2n) is 2.71. The summed E-state index contributed by atoms with van der Waals surface area (Å²) >= 11 is 0. The van der Waals surface area contributed by atoms with Gasteiger partial charge in [-0.25, -0.2) is 0 Å². The number of carbonyl (C=O) groups is 1. The van der Waals surface area contributed by atoms with E-state index in [1.807, 2.05) is 26.0 Å². The summed E-state index contributed by atoms with van der Waals surface area (Å²) in [6.07, 6.45) is 5.42. The highest BCUT2D eigenvalue weighted by Gasteiger charge is 1.96. The predicted octanol–water partition coefficient (Wildman–Crippen LogP) is 1.81. The van der Waals surface area contributed by atoms with Crippen LogP contribution in [0.25, 0.3) is 0 Å². The molecule has 0 spiro atoms. The monoisotopic (exact) mass is 165 g/mol. The lowest BCUT2D eigenvalue weighted by atomic mass is 10.2. The lowest BCUT2D eigenvalue weighted by Gasteiger charge is -1.95. The molecule has 0 heterocycles. The van der Waals surface area contributed by atoms with E-state index in [0.717, 1.165) is 0 Å². The molecule has 66 valence electrons. The fraction of sp³-hybridized carbons (Fsp3) is 0.300. The quantitative estimate of drug-likeness (QED) is 0.501. The highest BCUT2D eigenvalue weighted by Crippen LogP contribution is 1.95. The molecule has 0 aliphatic rings. The average Bonchev–Trinajstić information content (AvgIpc) is 2.02. The van der Waals surface area contributed by atoms with Crippen molar-refractivity contribution in [3.8, 4) is 0 Å². The number of allylic oxidation sites excluding steroid dienone is 3. The first kappa shape index (κ1) is 10.7. The largest absolute Gasteiger partial charge is 0.355 e. The molecule has 0 bridgehead atoms. The normalized spacial score (nSPS) is 9.58. The van der Waals surface area contributed by atoms with E-state index in [0.29, 0.717) is 5.57 Å². The van der Waals surface area contributed by atoms with Gasteiger partial charge in [0.15, 0.2) is 0 Å². The van der Waals surface area contributed by atoms with E-state index in [9.17, 15) is 4.79 Å². The number of hydrogen-bond donors (Lipinski definition) is 1. The van der Waals surface area contributed by atoms with Gasteiger partial charge in [-0.2, -0.15) is 0 Å². The third-order valence-electron chi connectivity index (χ3n) is 1.25. The van der Waals surface area contributed by atoms with E-state index in [2.05, 4.69) is 11.9 Å². The van der Waals surface area contributed by atoms with Gasteiger partial charge < -0.3 is 5.32 Å². The van der Waals surface area contributed by atoms with Crippen LogP contribution < -0.4 is 5.32 Å². The van der Waals surface area contributed by atoms with Crippen LogP contribution >= 0.6 is 0 Å². The van der Waals surface area contributed by atoms with Crippen LogP contribution in [0, 0.1) is 0 Å². The van der Waals surface area contributed by atoms with Crippen molar-refractivity contribution in [3.63, 3.8) is 0 Å². The minimum atomic E-state index is -0.145. The fourth-order valence-corrected chi connectivity index (χ4v) is 0.593. The van der Waals surface area contributed by atoms with Gasteiger partial charge in [-0.05, 0) is 13.8 Å². The third kappa shape index (κ3) is 4.50. The molecule has 2 nitrogen and oxygen atoms in total. The van der Waals surface area contributed by atoms with Crippen LogP contribution in [0.3, 0.4) is 0 Å². The molecule has 0 radical (unpaired) electrons. The van der Waals surface area contributed by atoms with E-state index in [1.54, 1.807) is 13.1 Å². The lowest BCUT2D eigenvalue weighted by molar-refractivity contribution is -0.116. The van der Waals surface area contributed by atoms with Gasteiger partial charge in [-0.15, -0.1) is 0 Å². The molecular weight excluding hydrogens is 150 g/mol. The summed E-state index contributed by atoms with van der Waals surface area (Å²) in [4.78, 5) is 10.9. The highest BCUT2D eigenvalue weighted by molar-refractivity contribution is 5.95. The maximum Gasteiger partial charge on any atom is 0.250 e. The lowest BCUT2D eigenvalue weighted by Crippen LogP contribution is -2.18. The summed E-state index contributed by atoms with van der Waals surface area (Å²) in [6.45, 7) is 7.58. The molecule has 12 heavy (non-hydrogen) atoms. The Bertz CT molecular complexity index is 232. The Morgan fingerprint density at radius 1 is 1.42 bits per heavy atom. The number of likely N-dealkylation sites (N-methyl/N-ethyl adjacent to an activating group) is 1. The Labute approximate surface area is 73.7 Å². The Hall–Kier alpha value is -1.31. The maximum absolute atomic E-state index is 10.9. The zero-order valence-corrected chi connectivity index (χ0v) is 7.85. The Morgan fingerprint density at radius 3 is 2.42 bits per heavy atom. The molecule has 0 aromatic heterocycles. The second kappa shape index (κ2) is 5.35. The van der Waals surface area contributed by atoms with Gasteiger partial charge in [0.05, 0.1) is 0 Å². The van der Waals surface area contributed by atoms with Crippen molar-refractivity contribution in [1.82, 2.24) is 5.32 Å². The first-order valence-electron chi connectivity index (χ1n) is 3.80. The fourth-order valence-electron chi connectivity index (χ4n) is 0.593. The molecular formula is C10H15NO. The first-order chi connectivity index (χ1) is 5.57. The minimum absolute atomic E-state index is 0.145. The van der Waals surface area contributed by atoms with Gasteiger partial charge in [0.2, 0.25) is 5.91 Å². The number of nitrogens with one attached hydrogen (secondary N) is 1. The minimum Gasteiger partial charge on any atom is -0.355 e. The summed E-state index contributed by atoms with van der Waals surface area (Å²) in [6, 6.07) is 0. The van der Waals surface area contributed by atoms with Crippen LogP contribution in [-0.4, -0.2) is 13.0 Å². The first-order valence-corrected chi connectivity index (χ1v) is 3.80. The molecule has 0 atom stereocenters. The van der Waals surface area contributed by atoms with Crippen molar-refractivity contribution in [2.24, 2.45) is 0 Å². The second-order valence-corrected chi connectivity index (χ2v) is 2.71. The van der Waals surface area contributed by atoms with Gasteiger partial charge in [0.1, 0.15) is 0 Å². The zero-order chi connectivity index (χ0) is 9.56. The number of carbonyl (C=O) groups excluding carboxylic acids is 1. The SMILES string of the molecule is C=C(/C=C\C=C(C)C)C(=O)NC.